The first-order valence-electron chi connectivity index (χ1n) is 7.16. The molecule has 0 saturated carbocycles. The molecule has 2 aromatic rings. The highest BCUT2D eigenvalue weighted by Crippen LogP contribution is 2.43. The van der Waals surface area contributed by atoms with Gasteiger partial charge in [-0.3, -0.25) is 0 Å². The fourth-order valence-corrected chi connectivity index (χ4v) is 4.77. The molecule has 0 spiro atoms. The van der Waals surface area contributed by atoms with Gasteiger partial charge < -0.3 is 14.7 Å². The summed E-state index contributed by atoms with van der Waals surface area (Å²) in [7, 11) is 1.69. The average Bonchev–Trinajstić information content (AvgIpc) is 2.97. The zero-order chi connectivity index (χ0) is 13.7. The highest BCUT2D eigenvalue weighted by molar-refractivity contribution is 7.22. The molecule has 1 aromatic carbocycles. The van der Waals surface area contributed by atoms with Crippen LogP contribution in [0.3, 0.4) is 0 Å². The van der Waals surface area contributed by atoms with E-state index in [1.807, 2.05) is 12.1 Å². The van der Waals surface area contributed by atoms with Gasteiger partial charge >= 0.3 is 0 Å². The lowest BCUT2D eigenvalue weighted by molar-refractivity contribution is 0.126. The summed E-state index contributed by atoms with van der Waals surface area (Å²) in [6.45, 7) is 0. The number of rotatable bonds is 2. The van der Waals surface area contributed by atoms with Gasteiger partial charge in [0.15, 0.2) is 5.13 Å². The number of fused-ring (bicyclic) bond motifs is 3. The van der Waals surface area contributed by atoms with Crippen LogP contribution in [0.25, 0.3) is 10.2 Å². The fraction of sp³-hybridized carbons (Fsp3) is 0.533. The van der Waals surface area contributed by atoms with Crippen molar-refractivity contribution in [2.24, 2.45) is 0 Å². The van der Waals surface area contributed by atoms with Crippen molar-refractivity contribution in [1.29, 1.82) is 0 Å². The topological polar surface area (TPSA) is 45.6 Å². The molecule has 0 aliphatic carbocycles. The number of thiazole rings is 1. The van der Waals surface area contributed by atoms with Gasteiger partial charge in [0.05, 0.1) is 17.9 Å². The van der Waals surface area contributed by atoms with Gasteiger partial charge in [-0.05, 0) is 37.8 Å². The van der Waals surface area contributed by atoms with Gasteiger partial charge in [0.1, 0.15) is 11.3 Å². The Balaban J connectivity index is 1.76. The average molecular weight is 290 g/mol. The number of ether oxygens (including phenoxy) is 1. The number of para-hydroxylation sites is 1. The number of aliphatic hydroxyl groups excluding tert-OH is 1. The van der Waals surface area contributed by atoms with E-state index in [1.54, 1.807) is 18.4 Å². The zero-order valence-electron chi connectivity index (χ0n) is 11.5. The number of methoxy groups -OCH3 is 1. The highest BCUT2D eigenvalue weighted by atomic mass is 32.1. The Morgan fingerprint density at radius 2 is 2.05 bits per heavy atom. The van der Waals surface area contributed by atoms with Crippen LogP contribution in [-0.4, -0.2) is 35.4 Å². The van der Waals surface area contributed by atoms with Crippen LogP contribution < -0.4 is 9.64 Å². The summed E-state index contributed by atoms with van der Waals surface area (Å²) < 4.78 is 6.57. The number of aliphatic hydroxyl groups is 1. The maximum Gasteiger partial charge on any atom is 0.187 e. The number of hydrogen-bond acceptors (Lipinski definition) is 5. The van der Waals surface area contributed by atoms with Gasteiger partial charge in [-0.25, -0.2) is 4.98 Å². The number of hydrogen-bond donors (Lipinski definition) is 1. The summed E-state index contributed by atoms with van der Waals surface area (Å²) in [5.74, 6) is 0.842. The third-order valence-corrected chi connectivity index (χ3v) is 5.55. The van der Waals surface area contributed by atoms with E-state index in [0.717, 1.165) is 29.2 Å². The Labute approximate surface area is 122 Å². The van der Waals surface area contributed by atoms with Crippen LogP contribution >= 0.6 is 11.3 Å². The second kappa shape index (κ2) is 4.60. The molecule has 2 fully saturated rings. The molecule has 2 aliphatic rings. The first kappa shape index (κ1) is 12.4. The van der Waals surface area contributed by atoms with E-state index >= 15 is 0 Å². The fourth-order valence-electron chi connectivity index (χ4n) is 3.65. The van der Waals surface area contributed by atoms with Crippen molar-refractivity contribution in [3.8, 4) is 5.75 Å². The second-order valence-corrected chi connectivity index (χ2v) is 6.73. The van der Waals surface area contributed by atoms with Gasteiger partial charge in [0.2, 0.25) is 0 Å². The van der Waals surface area contributed by atoms with Crippen molar-refractivity contribution in [2.45, 2.75) is 43.9 Å². The van der Waals surface area contributed by atoms with Gasteiger partial charge in [-0.1, -0.05) is 17.4 Å². The summed E-state index contributed by atoms with van der Waals surface area (Å²) in [4.78, 5) is 7.25. The third-order valence-electron chi connectivity index (χ3n) is 4.52. The smallest absolute Gasteiger partial charge is 0.187 e. The summed E-state index contributed by atoms with van der Waals surface area (Å²) in [5, 5.41) is 11.0. The molecule has 20 heavy (non-hydrogen) atoms. The Bertz CT molecular complexity index is 628. The van der Waals surface area contributed by atoms with Gasteiger partial charge in [-0.2, -0.15) is 0 Å². The first-order valence-corrected chi connectivity index (χ1v) is 7.98. The molecule has 106 valence electrons. The maximum atomic E-state index is 9.91. The largest absolute Gasteiger partial charge is 0.494 e. The molecule has 1 N–H and O–H groups in total. The van der Waals surface area contributed by atoms with E-state index in [2.05, 4.69) is 11.0 Å². The molecule has 4 nitrogen and oxygen atoms in total. The molecule has 2 aliphatic heterocycles. The van der Waals surface area contributed by atoms with E-state index < -0.39 is 0 Å². The van der Waals surface area contributed by atoms with Crippen LogP contribution in [0, 0.1) is 0 Å². The summed E-state index contributed by atoms with van der Waals surface area (Å²) >= 11 is 1.74. The lowest BCUT2D eigenvalue weighted by Gasteiger charge is -2.36. The third kappa shape index (κ3) is 1.80. The molecule has 2 unspecified atom stereocenters. The van der Waals surface area contributed by atoms with Crippen molar-refractivity contribution in [1.82, 2.24) is 4.98 Å². The minimum absolute atomic E-state index is 0.132. The summed E-state index contributed by atoms with van der Waals surface area (Å²) in [6.07, 6.45) is 3.98. The van der Waals surface area contributed by atoms with Crippen LogP contribution in [0.4, 0.5) is 5.13 Å². The van der Waals surface area contributed by atoms with Crippen molar-refractivity contribution < 1.29 is 9.84 Å². The van der Waals surface area contributed by atoms with Crippen LogP contribution in [0.5, 0.6) is 5.75 Å². The highest BCUT2D eigenvalue weighted by Gasteiger charge is 2.41. The van der Waals surface area contributed by atoms with E-state index in [1.165, 1.54) is 17.5 Å². The number of piperidine rings is 1. The van der Waals surface area contributed by atoms with Crippen LogP contribution in [-0.2, 0) is 0 Å². The van der Waals surface area contributed by atoms with Crippen LogP contribution in [0.1, 0.15) is 25.7 Å². The van der Waals surface area contributed by atoms with Crippen molar-refractivity contribution in [2.75, 3.05) is 12.0 Å². The minimum Gasteiger partial charge on any atom is -0.494 e. The first-order chi connectivity index (χ1) is 9.76. The van der Waals surface area contributed by atoms with Gasteiger partial charge in [0.25, 0.3) is 0 Å². The molecule has 0 amide bonds. The molecule has 0 radical (unpaired) electrons. The Hall–Kier alpha value is -1.33. The molecule has 2 atom stereocenters. The molecule has 4 rings (SSSR count). The quantitative estimate of drug-likeness (QED) is 0.924. The number of aromatic nitrogens is 1. The molecule has 3 heterocycles. The lowest BCUT2D eigenvalue weighted by Crippen LogP contribution is -2.44. The second-order valence-electron chi connectivity index (χ2n) is 5.72. The van der Waals surface area contributed by atoms with Crippen LogP contribution in [0.15, 0.2) is 18.2 Å². The molecule has 5 heteroatoms. The van der Waals surface area contributed by atoms with Gasteiger partial charge in [-0.15, -0.1) is 0 Å². The SMILES string of the molecule is COc1cccc2sc(N3C4CCC3CC(O)C4)nc12. The maximum absolute atomic E-state index is 9.91. The number of nitrogens with zero attached hydrogens (tertiary/aromatic N) is 2. The van der Waals surface area contributed by atoms with E-state index in [4.69, 9.17) is 9.72 Å². The van der Waals surface area contributed by atoms with Crippen molar-refractivity contribution >= 4 is 26.7 Å². The minimum atomic E-state index is -0.132. The number of benzene rings is 1. The van der Waals surface area contributed by atoms with Crippen LogP contribution in [0.2, 0.25) is 0 Å². The predicted octanol–water partition coefficient (Wildman–Crippen LogP) is 2.80. The molecular weight excluding hydrogens is 272 g/mol. The lowest BCUT2D eigenvalue weighted by atomic mass is 10.0. The van der Waals surface area contributed by atoms with Crippen molar-refractivity contribution in [3.63, 3.8) is 0 Å². The molecule has 1 aromatic heterocycles. The van der Waals surface area contributed by atoms with E-state index in [0.29, 0.717) is 12.1 Å². The normalized spacial score (nSPS) is 29.1. The molecular formula is C15H18N2O2S. The molecule has 2 saturated heterocycles. The Kier molecular flexibility index (Phi) is 2.86. The Morgan fingerprint density at radius 1 is 1.30 bits per heavy atom. The van der Waals surface area contributed by atoms with Crippen molar-refractivity contribution in [3.05, 3.63) is 18.2 Å². The predicted molar refractivity (Wildman–Crippen MR) is 80.7 cm³/mol. The zero-order valence-corrected chi connectivity index (χ0v) is 12.3. The van der Waals surface area contributed by atoms with E-state index in [-0.39, 0.29) is 6.10 Å². The van der Waals surface area contributed by atoms with E-state index in [9.17, 15) is 5.11 Å². The summed E-state index contributed by atoms with van der Waals surface area (Å²) in [5.41, 5.74) is 0.959. The Morgan fingerprint density at radius 3 is 2.75 bits per heavy atom. The van der Waals surface area contributed by atoms with Gasteiger partial charge in [0, 0.05) is 12.1 Å². The monoisotopic (exact) mass is 290 g/mol. The number of anilines is 1. The summed E-state index contributed by atoms with van der Waals surface area (Å²) in [6, 6.07) is 6.98. The molecule has 2 bridgehead atoms. The standard InChI is InChI=1S/C15H18N2O2S/c1-19-12-3-2-4-13-14(12)16-15(20-13)17-9-5-6-10(17)8-11(18)7-9/h2-4,9-11,18H,5-8H2,1H3.